The highest BCUT2D eigenvalue weighted by Crippen LogP contribution is 2.52. The van der Waals surface area contributed by atoms with E-state index in [2.05, 4.69) is 49.8 Å². The zero-order chi connectivity index (χ0) is 80.0. The number of hydrogen-bond donors (Lipinski definition) is 1. The first-order valence-electron chi connectivity index (χ1n) is 36.4. The van der Waals surface area contributed by atoms with Gasteiger partial charge in [-0.1, -0.05) is 203 Å². The van der Waals surface area contributed by atoms with Crippen molar-refractivity contribution in [3.63, 3.8) is 0 Å². The smallest absolute Gasteiger partial charge is 0.340 e. The fraction of sp³-hybridized carbons (Fsp3) is 0.329. The number of carbonyl (C=O) groups is 4. The highest BCUT2D eigenvalue weighted by atomic mass is 35.5. The van der Waals surface area contributed by atoms with E-state index in [1.165, 1.54) is 6.33 Å². The van der Waals surface area contributed by atoms with Crippen molar-refractivity contribution in [2.45, 2.75) is 143 Å². The van der Waals surface area contributed by atoms with Crippen LogP contribution < -0.4 is 0 Å². The number of H-pyrrole nitrogens is 1. The van der Waals surface area contributed by atoms with Crippen LogP contribution in [0.4, 0.5) is 0 Å². The number of fused-ring (bicyclic) bond motifs is 3. The third-order valence-corrected chi connectivity index (χ3v) is 21.2. The summed E-state index contributed by atoms with van der Waals surface area (Å²) in [6, 6.07) is 55.1. The fourth-order valence-electron chi connectivity index (χ4n) is 13.8. The molecule has 31 heteroatoms. The van der Waals surface area contributed by atoms with Crippen LogP contribution in [0, 0.1) is 16.2 Å². The molecule has 113 heavy (non-hydrogen) atoms. The van der Waals surface area contributed by atoms with Crippen LogP contribution in [-0.2, 0) is 55.8 Å². The maximum Gasteiger partial charge on any atom is 0.340 e. The lowest BCUT2D eigenvalue weighted by atomic mass is 9.79. The molecule has 0 bridgehead atoms. The zero-order valence-corrected chi connectivity index (χ0v) is 66.9. The number of aromatic nitrogens is 12. The van der Waals surface area contributed by atoms with Gasteiger partial charge in [-0.25, -0.2) is 49.1 Å². The molecule has 3 aliphatic heterocycles. The molecule has 12 aromatic rings. The number of halogens is 6. The van der Waals surface area contributed by atoms with Crippen molar-refractivity contribution in [2.75, 3.05) is 13.2 Å². The molecule has 9 heterocycles. The molecule has 6 aromatic heterocycles. The van der Waals surface area contributed by atoms with E-state index >= 15 is 0 Å². The number of nitrogens with zero attached hydrogens (tertiary/aromatic N) is 11. The predicted octanol–water partition coefficient (Wildman–Crippen LogP) is 18.1. The Morgan fingerprint density at radius 1 is 0.416 bits per heavy atom. The van der Waals surface area contributed by atoms with Gasteiger partial charge in [0.25, 0.3) is 0 Å². The van der Waals surface area contributed by atoms with Gasteiger partial charge in [0, 0.05) is 0 Å². The van der Waals surface area contributed by atoms with E-state index in [-0.39, 0.29) is 56.6 Å². The molecule has 0 amide bonds. The van der Waals surface area contributed by atoms with Gasteiger partial charge in [-0.3, -0.25) is 9.13 Å². The van der Waals surface area contributed by atoms with E-state index in [0.717, 1.165) is 11.1 Å². The van der Waals surface area contributed by atoms with Crippen molar-refractivity contribution >= 4 is 127 Å². The van der Waals surface area contributed by atoms with Crippen LogP contribution in [0.5, 0.6) is 0 Å². The van der Waals surface area contributed by atoms with Crippen LogP contribution in [0.1, 0.15) is 139 Å². The Hall–Kier alpha value is -9.61. The lowest BCUT2D eigenvalue weighted by Gasteiger charge is -2.35. The summed E-state index contributed by atoms with van der Waals surface area (Å²) in [4.78, 5) is 91.4. The first-order chi connectivity index (χ1) is 54.6. The van der Waals surface area contributed by atoms with Crippen molar-refractivity contribution in [1.29, 1.82) is 0 Å². The summed E-state index contributed by atoms with van der Waals surface area (Å²) in [7, 11) is 0. The third-order valence-electron chi connectivity index (χ3n) is 19.9. The molecule has 4 unspecified atom stereocenters. The third kappa shape index (κ3) is 18.9. The molecule has 15 rings (SSSR count). The molecule has 12 atom stereocenters. The number of imidazole rings is 3. The Labute approximate surface area is 681 Å². The first-order valence-corrected chi connectivity index (χ1v) is 38.7. The van der Waals surface area contributed by atoms with E-state index in [4.69, 9.17) is 112 Å². The predicted molar refractivity (Wildman–Crippen MR) is 425 cm³/mol. The molecule has 0 spiro atoms. The topological polar surface area (TPSA) is 293 Å². The zero-order valence-electron chi connectivity index (χ0n) is 62.4. The Bertz CT molecular complexity index is 5210. The average molecular weight is 1650 g/mol. The maximum absolute atomic E-state index is 13.1. The molecule has 0 saturated carbocycles. The second kappa shape index (κ2) is 37.6. The van der Waals surface area contributed by atoms with Crippen LogP contribution in [0.3, 0.4) is 0 Å². The van der Waals surface area contributed by atoms with E-state index in [9.17, 15) is 19.2 Å². The van der Waals surface area contributed by atoms with Gasteiger partial charge < -0.3 is 47.6 Å². The summed E-state index contributed by atoms with van der Waals surface area (Å²) in [5, 5.41) is 0.752. The van der Waals surface area contributed by atoms with Gasteiger partial charge in [0.2, 0.25) is 22.1 Å². The summed E-state index contributed by atoms with van der Waals surface area (Å²) in [6.45, 7) is 15.1. The van der Waals surface area contributed by atoms with Crippen LogP contribution in [0.2, 0.25) is 31.3 Å². The molecule has 6 aromatic carbocycles. The number of rotatable bonds is 22. The largest absolute Gasteiger partial charge is 0.455 e. The van der Waals surface area contributed by atoms with E-state index in [1.54, 1.807) is 107 Å². The molecule has 0 radical (unpaired) electrons. The average Bonchev–Trinajstić information content (AvgIpc) is 1.59. The van der Waals surface area contributed by atoms with Gasteiger partial charge in [-0.2, -0.15) is 15.0 Å². The minimum absolute atomic E-state index is 0.00151. The highest BCUT2D eigenvalue weighted by molar-refractivity contribution is 6.36. The number of hydrogen-bond acceptors (Lipinski definition) is 22. The first kappa shape index (κ1) is 82.8. The number of ether oxygens (including phenoxy) is 9. The summed E-state index contributed by atoms with van der Waals surface area (Å²) >= 11 is 35.8. The van der Waals surface area contributed by atoms with Crippen molar-refractivity contribution in [1.82, 2.24) is 59.0 Å². The Morgan fingerprint density at radius 3 is 1.17 bits per heavy atom. The fourth-order valence-corrected chi connectivity index (χ4v) is 15.1. The number of esters is 4. The van der Waals surface area contributed by atoms with E-state index < -0.39 is 83.4 Å². The standard InChI is InChI=1S/C29H30O6.C27H26Cl2N4O4.C21H22Cl2N4O3.C5H2Cl2N4/c1-3-24-25(34-26(30)22-15-9-5-10-16-22)29(2,20-32-19-21-13-7-4-8-14-21)28(33-24)35-27(31)23-17-11-6-12-18-23;1-3-19-21(37-24(34)18-12-8-5-9-13-18)27(2,15-35-14-17-10-6-4-7-11-17)25(36-19)33-16-30-20-22(28)31-26(29)32-23(20)33;1-4-13-15(30-18(28)12-9-7-6-8-10-12)21(3,5-2)19(29-13)27-11-24-14-16(22)25-20(23)26-17(14)27;6-3-2-4(9-1-8-2)11-5(7)10-3/h4-18,24-25,28H,3,19-20H2,1-2H3;4-13,16,19,21,25H,3,14-15H2,1-2H3;6-11,13,15,19H,4-5H2,1-3H3;1H,(H,8,9,10,11)/t24-,25?,28?,29+;19-,21?,25-,27+;13-,15?,19+,21+;/m111./s1. The van der Waals surface area contributed by atoms with Gasteiger partial charge in [0.15, 0.2) is 32.4 Å². The second-order valence-electron chi connectivity index (χ2n) is 27.6. The van der Waals surface area contributed by atoms with Gasteiger partial charge in [0.05, 0.1) is 102 Å². The van der Waals surface area contributed by atoms with Crippen molar-refractivity contribution < 1.29 is 61.8 Å². The Morgan fingerprint density at radius 2 is 0.761 bits per heavy atom. The van der Waals surface area contributed by atoms with Crippen molar-refractivity contribution in [3.8, 4) is 0 Å². The Kier molecular flexibility index (Phi) is 27.5. The molecular formula is C82H80Cl6N12O13. The molecule has 3 fully saturated rings. The normalized spacial score (nSPS) is 23.0. The van der Waals surface area contributed by atoms with Gasteiger partial charge >= 0.3 is 23.9 Å². The van der Waals surface area contributed by atoms with Gasteiger partial charge in [0.1, 0.15) is 47.3 Å². The Balaban J connectivity index is 0.000000147. The van der Waals surface area contributed by atoms with Gasteiger partial charge in [-0.05, 0) is 134 Å². The number of benzene rings is 6. The summed E-state index contributed by atoms with van der Waals surface area (Å²) in [5.74, 6) is -1.75. The highest BCUT2D eigenvalue weighted by Gasteiger charge is 2.60. The van der Waals surface area contributed by atoms with Crippen LogP contribution >= 0.6 is 69.6 Å². The minimum atomic E-state index is -0.954. The summed E-state index contributed by atoms with van der Waals surface area (Å²) in [6.07, 6.45) is 2.34. The molecule has 25 nitrogen and oxygen atoms in total. The molecule has 3 aliphatic rings. The van der Waals surface area contributed by atoms with E-state index in [1.807, 2.05) is 146 Å². The minimum Gasteiger partial charge on any atom is -0.455 e. The monoisotopic (exact) mass is 1650 g/mol. The van der Waals surface area contributed by atoms with Crippen LogP contribution in [0.25, 0.3) is 33.5 Å². The molecule has 588 valence electrons. The molecule has 0 aliphatic carbocycles. The second-order valence-corrected chi connectivity index (χ2v) is 29.6. The van der Waals surface area contributed by atoms with E-state index in [0.29, 0.717) is 94.6 Å². The summed E-state index contributed by atoms with van der Waals surface area (Å²) in [5.41, 5.74) is 4.46. The molecule has 3 saturated heterocycles. The summed E-state index contributed by atoms with van der Waals surface area (Å²) < 4.78 is 58.9. The SMILES string of the molecule is CC[C@H]1OC(OC(=O)c2ccccc2)[C@@](C)(COCc2ccccc2)C1OC(=O)c1ccccc1.CC[C@H]1O[C@@H](n2cnc3c(Cl)nc(Cl)nc32)[C@@](C)(COCc2ccccc2)C1OC(=O)c1ccccc1.CC[C@H]1O[C@H](n2cnc3c(Cl)nc(Cl)nc32)[C@@](C)(CC)C1OC(=O)c1ccccc1.Clc1nc(Cl)c2[nH]cnc2n1. The molecular weight excluding hydrogens is 1570 g/mol. The van der Waals surface area contributed by atoms with Crippen molar-refractivity contribution in [2.24, 2.45) is 16.2 Å². The quantitative estimate of drug-likeness (QED) is 0.0285. The maximum atomic E-state index is 13.1. The van der Waals surface area contributed by atoms with Crippen LogP contribution in [0.15, 0.2) is 201 Å². The van der Waals surface area contributed by atoms with Gasteiger partial charge in [-0.15, -0.1) is 0 Å². The number of nitrogens with one attached hydrogen (secondary N) is 1. The lowest BCUT2D eigenvalue weighted by Crippen LogP contribution is -2.46. The molecule has 1 N–H and O–H groups in total. The lowest BCUT2D eigenvalue weighted by molar-refractivity contribution is -0.155. The van der Waals surface area contributed by atoms with Crippen molar-refractivity contribution in [3.05, 3.63) is 266 Å². The number of carbonyl (C=O) groups excluding carboxylic acids is 4. The van der Waals surface area contributed by atoms with Crippen LogP contribution in [-0.4, -0.2) is 139 Å². The number of aromatic amines is 1.